The average Bonchev–Trinajstić information content (AvgIpc) is 2.48. The third kappa shape index (κ3) is 3.60. The summed E-state index contributed by atoms with van der Waals surface area (Å²) in [6.07, 6.45) is 1.08. The molecule has 20 heavy (non-hydrogen) atoms. The summed E-state index contributed by atoms with van der Waals surface area (Å²) in [7, 11) is 0. The van der Waals surface area contributed by atoms with Crippen LogP contribution in [0.1, 0.15) is 57.6 Å². The van der Waals surface area contributed by atoms with Gasteiger partial charge in [0.15, 0.2) is 0 Å². The van der Waals surface area contributed by atoms with Crippen molar-refractivity contribution in [3.8, 4) is 6.07 Å². The Morgan fingerprint density at radius 3 is 2.20 bits per heavy atom. The second kappa shape index (κ2) is 7.09. The van der Waals surface area contributed by atoms with Crippen molar-refractivity contribution in [1.29, 1.82) is 5.26 Å². The Morgan fingerprint density at radius 2 is 1.80 bits per heavy atom. The summed E-state index contributed by atoms with van der Waals surface area (Å²) in [5.41, 5.74) is 1.45. The van der Waals surface area contributed by atoms with Gasteiger partial charge >= 0.3 is 0 Å². The van der Waals surface area contributed by atoms with Gasteiger partial charge < -0.3 is 5.32 Å². The number of hydrogen-bond donors (Lipinski definition) is 1. The second-order valence-corrected chi connectivity index (χ2v) is 5.48. The predicted octanol–water partition coefficient (Wildman–Crippen LogP) is 3.76. The van der Waals surface area contributed by atoms with E-state index in [9.17, 15) is 10.1 Å². The molecule has 0 bridgehead atoms. The van der Waals surface area contributed by atoms with E-state index in [4.69, 9.17) is 0 Å². The zero-order chi connectivity index (χ0) is 15.2. The smallest absolute Gasteiger partial charge is 0.240 e. The molecule has 0 fully saturated rings. The van der Waals surface area contributed by atoms with Crippen LogP contribution in [0.5, 0.6) is 0 Å². The van der Waals surface area contributed by atoms with Gasteiger partial charge in [0.05, 0.1) is 6.07 Å². The van der Waals surface area contributed by atoms with E-state index in [1.54, 1.807) is 0 Å². The molecular formula is C17H24N2O. The summed E-state index contributed by atoms with van der Waals surface area (Å²) in [6.45, 7) is 8.54. The van der Waals surface area contributed by atoms with Crippen LogP contribution in [0.15, 0.2) is 24.3 Å². The van der Waals surface area contributed by atoms with Crippen molar-refractivity contribution in [2.75, 3.05) is 0 Å². The molecule has 3 nitrogen and oxygen atoms in total. The Bertz CT molecular complexity index is 479. The minimum absolute atomic E-state index is 0.169. The number of amides is 1. The van der Waals surface area contributed by atoms with E-state index in [-0.39, 0.29) is 5.91 Å². The molecule has 0 aliphatic rings. The van der Waals surface area contributed by atoms with E-state index in [0.717, 1.165) is 5.56 Å². The minimum Gasteiger partial charge on any atom is -0.351 e. The van der Waals surface area contributed by atoms with Crippen molar-refractivity contribution in [3.05, 3.63) is 35.4 Å². The number of nitriles is 1. The first kappa shape index (κ1) is 16.2. The van der Waals surface area contributed by atoms with Gasteiger partial charge in [-0.1, -0.05) is 52.0 Å². The molecule has 1 rings (SSSR count). The molecular weight excluding hydrogens is 248 g/mol. The fraction of sp³-hybridized carbons (Fsp3) is 0.529. The summed E-state index contributed by atoms with van der Waals surface area (Å²) in [5, 5.41) is 12.1. The number of rotatable bonds is 6. The molecule has 0 heterocycles. The summed E-state index contributed by atoms with van der Waals surface area (Å²) in [6, 6.07) is 10.4. The quantitative estimate of drug-likeness (QED) is 0.857. The third-order valence-corrected chi connectivity index (χ3v) is 3.96. The molecule has 0 aliphatic carbocycles. The van der Waals surface area contributed by atoms with Gasteiger partial charge in [0.2, 0.25) is 5.91 Å². The normalized spacial score (nSPS) is 11.2. The van der Waals surface area contributed by atoms with Crippen LogP contribution < -0.4 is 5.32 Å². The highest BCUT2D eigenvalue weighted by Gasteiger charge is 2.34. The molecule has 0 spiro atoms. The van der Waals surface area contributed by atoms with Crippen molar-refractivity contribution in [2.24, 2.45) is 5.41 Å². The number of nitrogens with zero attached hydrogens (tertiary/aromatic N) is 1. The molecule has 0 saturated carbocycles. The number of nitrogens with one attached hydrogen (secondary N) is 1. The van der Waals surface area contributed by atoms with E-state index in [2.05, 4.69) is 37.4 Å². The monoisotopic (exact) mass is 272 g/mol. The third-order valence-electron chi connectivity index (χ3n) is 3.96. The standard InChI is InChI=1S/C17H24N2O/c1-5-17(6-2,12-18)16(20)19-11-14-7-9-15(10-8-14)13(3)4/h7-10,13H,5-6,11H2,1-4H3,(H,19,20). The maximum Gasteiger partial charge on any atom is 0.240 e. The fourth-order valence-electron chi connectivity index (χ4n) is 2.15. The molecule has 0 aliphatic heterocycles. The molecule has 0 saturated heterocycles. The molecule has 1 aromatic rings. The van der Waals surface area contributed by atoms with Crippen molar-refractivity contribution in [3.63, 3.8) is 0 Å². The van der Waals surface area contributed by atoms with E-state index < -0.39 is 5.41 Å². The number of hydrogen-bond acceptors (Lipinski definition) is 2. The van der Waals surface area contributed by atoms with Crippen LogP contribution >= 0.6 is 0 Å². The average molecular weight is 272 g/mol. The van der Waals surface area contributed by atoms with Gasteiger partial charge in [-0.25, -0.2) is 0 Å². The molecule has 108 valence electrons. The molecule has 0 aromatic heterocycles. The molecule has 3 heteroatoms. The van der Waals surface area contributed by atoms with Gasteiger partial charge in [-0.3, -0.25) is 4.79 Å². The lowest BCUT2D eigenvalue weighted by atomic mass is 9.83. The highest BCUT2D eigenvalue weighted by atomic mass is 16.2. The van der Waals surface area contributed by atoms with Crippen molar-refractivity contribution >= 4 is 5.91 Å². The molecule has 1 N–H and O–H groups in total. The van der Waals surface area contributed by atoms with Crippen LogP contribution in [0, 0.1) is 16.7 Å². The lowest BCUT2D eigenvalue weighted by Gasteiger charge is -2.22. The van der Waals surface area contributed by atoms with E-state index >= 15 is 0 Å². The Labute approximate surface area is 122 Å². The highest BCUT2D eigenvalue weighted by molar-refractivity contribution is 5.85. The van der Waals surface area contributed by atoms with Gasteiger partial charge in [-0.2, -0.15) is 5.26 Å². The first-order chi connectivity index (χ1) is 9.49. The second-order valence-electron chi connectivity index (χ2n) is 5.48. The summed E-state index contributed by atoms with van der Waals surface area (Å²) in [4.78, 5) is 12.2. The number of benzene rings is 1. The van der Waals surface area contributed by atoms with Crippen molar-refractivity contribution in [2.45, 2.75) is 53.0 Å². The molecule has 0 atom stereocenters. The maximum atomic E-state index is 12.2. The molecule has 0 unspecified atom stereocenters. The largest absolute Gasteiger partial charge is 0.351 e. The fourth-order valence-corrected chi connectivity index (χ4v) is 2.15. The predicted molar refractivity (Wildman–Crippen MR) is 81.0 cm³/mol. The Kier molecular flexibility index (Phi) is 5.76. The van der Waals surface area contributed by atoms with E-state index in [1.165, 1.54) is 5.56 Å². The van der Waals surface area contributed by atoms with Gasteiger partial charge in [-0.05, 0) is 29.9 Å². The Morgan fingerprint density at radius 1 is 1.25 bits per heavy atom. The SMILES string of the molecule is CCC(C#N)(CC)C(=O)NCc1ccc(C(C)C)cc1. The van der Waals surface area contributed by atoms with Crippen LogP contribution in [0.4, 0.5) is 0 Å². The summed E-state index contributed by atoms with van der Waals surface area (Å²) >= 11 is 0. The van der Waals surface area contributed by atoms with E-state index in [1.807, 2.05) is 26.0 Å². The van der Waals surface area contributed by atoms with E-state index in [0.29, 0.717) is 25.3 Å². The Hall–Kier alpha value is -1.82. The minimum atomic E-state index is -0.891. The van der Waals surface area contributed by atoms with Crippen LogP contribution in [0.2, 0.25) is 0 Å². The van der Waals surface area contributed by atoms with Crippen molar-refractivity contribution < 1.29 is 4.79 Å². The maximum absolute atomic E-state index is 12.2. The van der Waals surface area contributed by atoms with Crippen LogP contribution in [-0.4, -0.2) is 5.91 Å². The van der Waals surface area contributed by atoms with Gasteiger partial charge in [-0.15, -0.1) is 0 Å². The number of carbonyl (C=O) groups excluding carboxylic acids is 1. The first-order valence-corrected chi connectivity index (χ1v) is 7.27. The summed E-state index contributed by atoms with van der Waals surface area (Å²) in [5.74, 6) is 0.336. The topological polar surface area (TPSA) is 52.9 Å². The molecule has 1 amide bonds. The van der Waals surface area contributed by atoms with Crippen LogP contribution in [0.3, 0.4) is 0 Å². The molecule has 1 aromatic carbocycles. The van der Waals surface area contributed by atoms with Gasteiger partial charge in [0.25, 0.3) is 0 Å². The number of carbonyl (C=O) groups is 1. The van der Waals surface area contributed by atoms with Gasteiger partial charge in [0.1, 0.15) is 5.41 Å². The molecule has 0 radical (unpaired) electrons. The van der Waals surface area contributed by atoms with Crippen LogP contribution in [0.25, 0.3) is 0 Å². The first-order valence-electron chi connectivity index (χ1n) is 7.27. The van der Waals surface area contributed by atoms with Crippen LogP contribution in [-0.2, 0) is 11.3 Å². The van der Waals surface area contributed by atoms with Crippen molar-refractivity contribution in [1.82, 2.24) is 5.32 Å². The Balaban J connectivity index is 2.67. The highest BCUT2D eigenvalue weighted by Crippen LogP contribution is 2.25. The lowest BCUT2D eigenvalue weighted by molar-refractivity contribution is -0.128. The zero-order valence-electron chi connectivity index (χ0n) is 12.9. The van der Waals surface area contributed by atoms with Gasteiger partial charge in [0, 0.05) is 6.54 Å². The summed E-state index contributed by atoms with van der Waals surface area (Å²) < 4.78 is 0. The lowest BCUT2D eigenvalue weighted by Crippen LogP contribution is -2.39. The zero-order valence-corrected chi connectivity index (χ0v) is 12.9.